The number of ether oxygens (including phenoxy) is 2. The van der Waals surface area contributed by atoms with Crippen molar-refractivity contribution < 1.29 is 14.6 Å². The summed E-state index contributed by atoms with van der Waals surface area (Å²) in [5.41, 5.74) is 1.54. The molecule has 0 unspecified atom stereocenters. The number of aliphatic imine (C=N–C) groups is 1. The minimum Gasteiger partial charge on any atom is -0.497 e. The summed E-state index contributed by atoms with van der Waals surface area (Å²) in [5, 5.41) is 10.7. The quantitative estimate of drug-likeness (QED) is 0.609. The average molecular weight is 409 g/mol. The Morgan fingerprint density at radius 3 is 2.17 bits per heavy atom. The molecule has 0 atom stereocenters. The summed E-state index contributed by atoms with van der Waals surface area (Å²) in [4.78, 5) is 31.1. The molecule has 0 spiro atoms. The highest BCUT2D eigenvalue weighted by molar-refractivity contribution is 5.82. The van der Waals surface area contributed by atoms with Crippen LogP contribution in [-0.4, -0.2) is 35.1 Å². The zero-order chi connectivity index (χ0) is 21.8. The summed E-state index contributed by atoms with van der Waals surface area (Å²) in [7, 11) is 3.10. The number of aryl methyl sites for hydroxylation is 2. The van der Waals surface area contributed by atoms with Crippen molar-refractivity contribution in [3.05, 3.63) is 79.5 Å². The van der Waals surface area contributed by atoms with Crippen LogP contribution in [0, 0.1) is 13.8 Å². The molecule has 8 nitrogen and oxygen atoms in total. The number of aromatic amines is 1. The van der Waals surface area contributed by atoms with E-state index in [0.29, 0.717) is 17.2 Å². The maximum absolute atomic E-state index is 12.3. The third-order valence-electron chi connectivity index (χ3n) is 4.49. The van der Waals surface area contributed by atoms with Crippen LogP contribution >= 0.6 is 0 Å². The fraction of sp³-hybridized carbons (Fsp3) is 0.227. The second-order valence-corrected chi connectivity index (χ2v) is 6.87. The lowest BCUT2D eigenvalue weighted by Gasteiger charge is -2.11. The lowest BCUT2D eigenvalue weighted by molar-refractivity contribution is 0.393. The van der Waals surface area contributed by atoms with Gasteiger partial charge in [0.2, 0.25) is 5.88 Å². The molecule has 2 N–H and O–H groups in total. The van der Waals surface area contributed by atoms with Gasteiger partial charge in [-0.1, -0.05) is 6.07 Å². The van der Waals surface area contributed by atoms with E-state index in [1.54, 1.807) is 44.6 Å². The first-order valence-corrected chi connectivity index (χ1v) is 9.21. The van der Waals surface area contributed by atoms with E-state index >= 15 is 0 Å². The molecule has 1 aromatic heterocycles. The molecule has 0 aliphatic carbocycles. The van der Waals surface area contributed by atoms with Gasteiger partial charge in [-0.15, -0.1) is 0 Å². The SMILES string of the molecule is COc1cc(CN=Cc2c(O)n(-c3cc(C)cc(C)c3)c(=O)[nH]c2=O)cc(OC)c1. The van der Waals surface area contributed by atoms with Crippen molar-refractivity contribution in [1.29, 1.82) is 0 Å². The summed E-state index contributed by atoms with van der Waals surface area (Å²) < 4.78 is 11.5. The van der Waals surface area contributed by atoms with Crippen molar-refractivity contribution in [2.24, 2.45) is 4.99 Å². The third-order valence-corrected chi connectivity index (χ3v) is 4.49. The summed E-state index contributed by atoms with van der Waals surface area (Å²) in [6.45, 7) is 3.99. The van der Waals surface area contributed by atoms with Crippen molar-refractivity contribution >= 4 is 6.21 Å². The predicted octanol–water partition coefficient (Wildman–Crippen LogP) is 2.48. The van der Waals surface area contributed by atoms with Gasteiger partial charge in [0, 0.05) is 12.3 Å². The highest BCUT2D eigenvalue weighted by Crippen LogP contribution is 2.23. The molecule has 0 aliphatic rings. The Balaban J connectivity index is 1.99. The molecule has 0 bridgehead atoms. The molecule has 0 radical (unpaired) electrons. The summed E-state index contributed by atoms with van der Waals surface area (Å²) >= 11 is 0. The number of nitrogens with zero attached hydrogens (tertiary/aromatic N) is 2. The van der Waals surface area contributed by atoms with Crippen LogP contribution in [0.2, 0.25) is 0 Å². The molecule has 3 aromatic rings. The molecule has 0 aliphatic heterocycles. The first kappa shape index (κ1) is 20.9. The maximum atomic E-state index is 12.3. The van der Waals surface area contributed by atoms with Gasteiger partial charge >= 0.3 is 5.69 Å². The topological polar surface area (TPSA) is 106 Å². The largest absolute Gasteiger partial charge is 0.497 e. The van der Waals surface area contributed by atoms with Crippen LogP contribution in [0.1, 0.15) is 22.3 Å². The van der Waals surface area contributed by atoms with Crippen LogP contribution in [0.3, 0.4) is 0 Å². The number of rotatable bonds is 6. The van der Waals surface area contributed by atoms with E-state index in [1.165, 1.54) is 6.21 Å². The van der Waals surface area contributed by atoms with Crippen LogP contribution in [0.15, 0.2) is 51.0 Å². The summed E-state index contributed by atoms with van der Waals surface area (Å²) in [6, 6.07) is 10.8. The Hall–Kier alpha value is -3.81. The molecule has 0 saturated carbocycles. The van der Waals surface area contributed by atoms with Gasteiger partial charge in [0.25, 0.3) is 5.56 Å². The molecule has 1 heterocycles. The second-order valence-electron chi connectivity index (χ2n) is 6.87. The fourth-order valence-electron chi connectivity index (χ4n) is 3.17. The van der Waals surface area contributed by atoms with Crippen LogP contribution in [0.5, 0.6) is 17.4 Å². The zero-order valence-corrected chi connectivity index (χ0v) is 17.2. The number of hydrogen-bond donors (Lipinski definition) is 2. The molecule has 2 aromatic carbocycles. The first-order valence-electron chi connectivity index (χ1n) is 9.21. The molecule has 0 saturated heterocycles. The van der Waals surface area contributed by atoms with Gasteiger partial charge in [-0.3, -0.25) is 14.8 Å². The summed E-state index contributed by atoms with van der Waals surface area (Å²) in [6.07, 6.45) is 1.25. The van der Waals surface area contributed by atoms with Gasteiger partial charge in [0.1, 0.15) is 17.1 Å². The number of aromatic nitrogens is 2. The van der Waals surface area contributed by atoms with E-state index in [1.807, 2.05) is 19.9 Å². The van der Waals surface area contributed by atoms with Crippen LogP contribution < -0.4 is 20.7 Å². The van der Waals surface area contributed by atoms with E-state index in [-0.39, 0.29) is 12.1 Å². The number of nitrogens with one attached hydrogen (secondary N) is 1. The van der Waals surface area contributed by atoms with Crippen LogP contribution in [-0.2, 0) is 6.54 Å². The van der Waals surface area contributed by atoms with E-state index in [2.05, 4.69) is 9.98 Å². The lowest BCUT2D eigenvalue weighted by atomic mass is 10.1. The van der Waals surface area contributed by atoms with E-state index < -0.39 is 17.1 Å². The van der Waals surface area contributed by atoms with Crippen molar-refractivity contribution in [2.75, 3.05) is 14.2 Å². The Bertz CT molecular complexity index is 1180. The zero-order valence-electron chi connectivity index (χ0n) is 17.2. The second kappa shape index (κ2) is 8.69. The van der Waals surface area contributed by atoms with Gasteiger partial charge in [-0.2, -0.15) is 0 Å². The fourth-order valence-corrected chi connectivity index (χ4v) is 3.17. The highest BCUT2D eigenvalue weighted by Gasteiger charge is 2.14. The van der Waals surface area contributed by atoms with E-state index in [0.717, 1.165) is 21.3 Å². The van der Waals surface area contributed by atoms with Gasteiger partial charge in [-0.05, 0) is 54.8 Å². The molecular weight excluding hydrogens is 386 g/mol. The standard InChI is InChI=1S/C22H23N3O5/c1-13-5-14(2)7-16(6-13)25-21(27)19(20(26)24-22(25)28)12-23-11-15-8-17(29-3)10-18(9-15)30-4/h5-10,12,27H,11H2,1-4H3,(H,24,26,28). The van der Waals surface area contributed by atoms with Gasteiger partial charge in [0.15, 0.2) is 0 Å². The molecule has 8 heteroatoms. The number of benzene rings is 2. The molecule has 156 valence electrons. The summed E-state index contributed by atoms with van der Waals surface area (Å²) in [5.74, 6) is 0.757. The van der Waals surface area contributed by atoms with Crippen molar-refractivity contribution in [3.8, 4) is 23.1 Å². The van der Waals surface area contributed by atoms with Crippen molar-refractivity contribution in [1.82, 2.24) is 9.55 Å². The Morgan fingerprint density at radius 2 is 1.60 bits per heavy atom. The number of methoxy groups -OCH3 is 2. The Kier molecular flexibility index (Phi) is 6.06. The van der Waals surface area contributed by atoms with Gasteiger partial charge in [0.05, 0.1) is 26.5 Å². The number of hydrogen-bond acceptors (Lipinski definition) is 6. The predicted molar refractivity (Wildman–Crippen MR) is 115 cm³/mol. The Labute approximate surface area is 173 Å². The van der Waals surface area contributed by atoms with Crippen LogP contribution in [0.4, 0.5) is 0 Å². The molecular formula is C22H23N3O5. The number of H-pyrrole nitrogens is 1. The molecule has 0 fully saturated rings. The normalized spacial score (nSPS) is 11.1. The van der Waals surface area contributed by atoms with Crippen molar-refractivity contribution in [2.45, 2.75) is 20.4 Å². The third kappa shape index (κ3) is 4.43. The monoisotopic (exact) mass is 409 g/mol. The average Bonchev–Trinajstić information content (AvgIpc) is 2.69. The minimum atomic E-state index is -0.725. The van der Waals surface area contributed by atoms with Gasteiger partial charge in [-0.25, -0.2) is 9.36 Å². The minimum absolute atomic E-state index is 0.108. The Morgan fingerprint density at radius 1 is 1.00 bits per heavy atom. The lowest BCUT2D eigenvalue weighted by Crippen LogP contribution is -2.31. The molecule has 0 amide bonds. The van der Waals surface area contributed by atoms with Crippen molar-refractivity contribution in [3.63, 3.8) is 0 Å². The van der Waals surface area contributed by atoms with Crippen LogP contribution in [0.25, 0.3) is 5.69 Å². The van der Waals surface area contributed by atoms with E-state index in [4.69, 9.17) is 9.47 Å². The number of aromatic hydroxyl groups is 1. The highest BCUT2D eigenvalue weighted by atomic mass is 16.5. The first-order chi connectivity index (χ1) is 14.3. The van der Waals surface area contributed by atoms with E-state index in [9.17, 15) is 14.7 Å². The molecule has 30 heavy (non-hydrogen) atoms. The maximum Gasteiger partial charge on any atom is 0.335 e. The molecule has 3 rings (SSSR count). The van der Waals surface area contributed by atoms with Gasteiger partial charge < -0.3 is 14.6 Å². The smallest absolute Gasteiger partial charge is 0.335 e.